The Morgan fingerprint density at radius 2 is 2.03 bits per heavy atom. The molecule has 0 saturated carbocycles. The minimum atomic E-state index is -4.64. The number of aryl methyl sites for hydroxylation is 2. The van der Waals surface area contributed by atoms with Gasteiger partial charge >= 0.3 is 6.18 Å². The van der Waals surface area contributed by atoms with Crippen LogP contribution in [0, 0.1) is 13.8 Å². The molecule has 0 unspecified atom stereocenters. The summed E-state index contributed by atoms with van der Waals surface area (Å²) in [6, 6.07) is 0.866. The predicted molar refractivity (Wildman–Crippen MR) is 103 cm³/mol. The summed E-state index contributed by atoms with van der Waals surface area (Å²) in [4.78, 5) is 27.7. The zero-order chi connectivity index (χ0) is 21.5. The number of amides is 2. The fourth-order valence-electron chi connectivity index (χ4n) is 2.78. The van der Waals surface area contributed by atoms with Crippen LogP contribution in [0.3, 0.4) is 0 Å². The summed E-state index contributed by atoms with van der Waals surface area (Å²) in [6.45, 7) is 3.42. The number of primary amides is 1. The molecule has 0 atom stereocenters. The van der Waals surface area contributed by atoms with Gasteiger partial charge in [-0.15, -0.1) is 11.3 Å². The van der Waals surface area contributed by atoms with Crippen molar-refractivity contribution in [2.45, 2.75) is 33.0 Å². The Kier molecular flexibility index (Phi) is 5.54. The van der Waals surface area contributed by atoms with E-state index in [0.717, 1.165) is 6.07 Å². The van der Waals surface area contributed by atoms with Crippen LogP contribution in [0.2, 0.25) is 5.02 Å². The number of hydrogen-bond acceptors (Lipinski definition) is 5. The predicted octanol–water partition coefficient (Wildman–Crippen LogP) is 3.91. The second-order valence-electron chi connectivity index (χ2n) is 6.27. The van der Waals surface area contributed by atoms with Crippen molar-refractivity contribution < 1.29 is 22.8 Å². The molecule has 0 bridgehead atoms. The quantitative estimate of drug-likeness (QED) is 0.621. The van der Waals surface area contributed by atoms with Crippen LogP contribution in [0.1, 0.15) is 33.0 Å². The molecular formula is C17H15ClF3N5O2S. The van der Waals surface area contributed by atoms with E-state index in [1.165, 1.54) is 13.1 Å². The van der Waals surface area contributed by atoms with Crippen molar-refractivity contribution in [3.63, 3.8) is 0 Å². The van der Waals surface area contributed by atoms with Crippen LogP contribution in [0.4, 0.5) is 18.9 Å². The molecule has 0 aromatic carbocycles. The number of carbonyl (C=O) groups excluding carboxylic acids is 2. The highest BCUT2D eigenvalue weighted by Gasteiger charge is 2.34. The van der Waals surface area contributed by atoms with Crippen LogP contribution in [-0.2, 0) is 17.5 Å². The monoisotopic (exact) mass is 445 g/mol. The van der Waals surface area contributed by atoms with E-state index < -0.39 is 23.7 Å². The van der Waals surface area contributed by atoms with Gasteiger partial charge in [0, 0.05) is 11.8 Å². The van der Waals surface area contributed by atoms with Crippen molar-refractivity contribution in [1.82, 2.24) is 14.8 Å². The zero-order valence-electron chi connectivity index (χ0n) is 15.2. The highest BCUT2D eigenvalue weighted by atomic mass is 35.5. The second-order valence-corrected chi connectivity index (χ2v) is 7.68. The van der Waals surface area contributed by atoms with Gasteiger partial charge in [0.2, 0.25) is 5.91 Å². The molecular weight excluding hydrogens is 431 g/mol. The summed E-state index contributed by atoms with van der Waals surface area (Å²) in [5.41, 5.74) is 5.25. The first-order valence-corrected chi connectivity index (χ1v) is 9.47. The van der Waals surface area contributed by atoms with E-state index >= 15 is 0 Å². The number of rotatable bonds is 5. The van der Waals surface area contributed by atoms with Gasteiger partial charge in [-0.25, -0.2) is 4.98 Å². The van der Waals surface area contributed by atoms with E-state index in [1.54, 1.807) is 11.6 Å². The number of alkyl halides is 3. The third kappa shape index (κ3) is 4.20. The van der Waals surface area contributed by atoms with E-state index in [0.29, 0.717) is 22.1 Å². The van der Waals surface area contributed by atoms with Gasteiger partial charge in [-0.1, -0.05) is 11.6 Å². The van der Waals surface area contributed by atoms with Gasteiger partial charge in [0.15, 0.2) is 0 Å². The first-order valence-electron chi connectivity index (χ1n) is 8.28. The van der Waals surface area contributed by atoms with Crippen LogP contribution >= 0.6 is 22.9 Å². The number of fused-ring (bicyclic) bond motifs is 1. The lowest BCUT2D eigenvalue weighted by molar-refractivity contribution is -0.141. The number of halogens is 4. The highest BCUT2D eigenvalue weighted by molar-refractivity contribution is 7.21. The second kappa shape index (κ2) is 7.64. The number of pyridine rings is 1. The summed E-state index contributed by atoms with van der Waals surface area (Å²) in [7, 11) is 0. The minimum Gasteiger partial charge on any atom is -0.365 e. The van der Waals surface area contributed by atoms with Crippen molar-refractivity contribution >= 4 is 50.7 Å². The molecule has 0 aliphatic rings. The van der Waals surface area contributed by atoms with Crippen LogP contribution < -0.4 is 11.1 Å². The molecule has 154 valence electrons. The molecule has 3 N–H and O–H groups in total. The lowest BCUT2D eigenvalue weighted by Gasteiger charge is -2.10. The Morgan fingerprint density at radius 3 is 2.59 bits per heavy atom. The van der Waals surface area contributed by atoms with E-state index in [-0.39, 0.29) is 39.3 Å². The van der Waals surface area contributed by atoms with Crippen molar-refractivity contribution in [3.05, 3.63) is 39.1 Å². The average molecular weight is 446 g/mol. The van der Waals surface area contributed by atoms with Crippen LogP contribution in [0.5, 0.6) is 0 Å². The Morgan fingerprint density at radius 1 is 1.34 bits per heavy atom. The lowest BCUT2D eigenvalue weighted by atomic mass is 10.1. The molecule has 0 spiro atoms. The molecule has 7 nitrogen and oxygen atoms in total. The molecule has 0 fully saturated rings. The van der Waals surface area contributed by atoms with Crippen LogP contribution in [0.15, 0.2) is 12.3 Å². The molecule has 3 aromatic rings. The number of thiophene rings is 1. The molecule has 3 aromatic heterocycles. The molecule has 3 heterocycles. The molecule has 12 heteroatoms. The third-order valence-electron chi connectivity index (χ3n) is 4.23. The van der Waals surface area contributed by atoms with Gasteiger partial charge in [-0.05, 0) is 25.5 Å². The summed E-state index contributed by atoms with van der Waals surface area (Å²) < 4.78 is 40.6. The topological polar surface area (TPSA) is 103 Å². The Bertz CT molecular complexity index is 1120. The maximum atomic E-state index is 13.0. The first kappa shape index (κ1) is 21.1. The highest BCUT2D eigenvalue weighted by Crippen LogP contribution is 2.39. The molecule has 3 rings (SSSR count). The van der Waals surface area contributed by atoms with E-state index in [2.05, 4.69) is 15.4 Å². The average Bonchev–Trinajstić information content (AvgIpc) is 3.14. The van der Waals surface area contributed by atoms with E-state index in [4.69, 9.17) is 17.3 Å². The van der Waals surface area contributed by atoms with Crippen molar-refractivity contribution in [1.29, 1.82) is 0 Å². The fourth-order valence-corrected chi connectivity index (χ4v) is 3.98. The first-order chi connectivity index (χ1) is 13.5. The minimum absolute atomic E-state index is 0.00149. The molecule has 0 radical (unpaired) electrons. The number of nitrogens with zero attached hydrogens (tertiary/aromatic N) is 3. The van der Waals surface area contributed by atoms with Gasteiger partial charge in [-0.3, -0.25) is 14.3 Å². The van der Waals surface area contributed by atoms with Gasteiger partial charge in [0.25, 0.3) is 5.91 Å². The number of nitrogens with two attached hydrogens (primary N) is 1. The molecule has 0 aliphatic carbocycles. The van der Waals surface area contributed by atoms with Crippen molar-refractivity contribution in [3.8, 4) is 0 Å². The summed E-state index contributed by atoms with van der Waals surface area (Å²) in [5, 5.41) is 7.35. The van der Waals surface area contributed by atoms with Crippen molar-refractivity contribution in [2.24, 2.45) is 5.73 Å². The smallest absolute Gasteiger partial charge is 0.365 e. The Labute approximate surface area is 171 Å². The van der Waals surface area contributed by atoms with Crippen molar-refractivity contribution in [2.75, 3.05) is 5.32 Å². The van der Waals surface area contributed by atoms with Gasteiger partial charge in [0.1, 0.15) is 15.4 Å². The Balaban J connectivity index is 1.93. The number of hydrogen-bond donors (Lipinski definition) is 2. The van der Waals surface area contributed by atoms with E-state index in [9.17, 15) is 22.8 Å². The maximum Gasteiger partial charge on any atom is 0.433 e. The SMILES string of the molecule is Cc1cc(C(F)(F)F)nc2sc(C(N)=O)c(NC(=O)CCn3ncc(Cl)c3C)c12. The van der Waals surface area contributed by atoms with Gasteiger partial charge in [0.05, 0.1) is 29.1 Å². The molecule has 29 heavy (non-hydrogen) atoms. The fraction of sp³-hybridized carbons (Fsp3) is 0.294. The molecule has 2 amide bonds. The van der Waals surface area contributed by atoms with Crippen LogP contribution in [-0.4, -0.2) is 26.6 Å². The van der Waals surface area contributed by atoms with E-state index in [1.807, 2.05) is 0 Å². The van der Waals surface area contributed by atoms with Gasteiger partial charge < -0.3 is 11.1 Å². The Hall–Kier alpha value is -2.66. The number of nitrogens with one attached hydrogen (secondary N) is 1. The summed E-state index contributed by atoms with van der Waals surface area (Å²) >= 11 is 6.63. The standard InChI is InChI=1S/C17H15ClF3N5O2S/c1-7-5-10(17(19,20)21)24-16-12(7)13(14(29-16)15(22)28)25-11(27)3-4-26-8(2)9(18)6-23-26/h5-6H,3-4H2,1-2H3,(H2,22,28)(H,25,27). The summed E-state index contributed by atoms with van der Waals surface area (Å²) in [6.07, 6.45) is -3.18. The number of anilines is 1. The maximum absolute atomic E-state index is 13.0. The largest absolute Gasteiger partial charge is 0.433 e. The molecule has 0 saturated heterocycles. The lowest BCUT2D eigenvalue weighted by Crippen LogP contribution is -2.18. The van der Waals surface area contributed by atoms with Crippen LogP contribution in [0.25, 0.3) is 10.2 Å². The molecule has 0 aliphatic heterocycles. The summed E-state index contributed by atoms with van der Waals surface area (Å²) in [5.74, 6) is -1.33. The number of aromatic nitrogens is 3. The normalized spacial score (nSPS) is 11.8. The third-order valence-corrected chi connectivity index (χ3v) is 5.70. The zero-order valence-corrected chi connectivity index (χ0v) is 16.8. The number of carbonyl (C=O) groups is 2. The van der Waals surface area contributed by atoms with Gasteiger partial charge in [-0.2, -0.15) is 18.3 Å².